The second-order valence-electron chi connectivity index (χ2n) is 4.01. The van der Waals surface area contributed by atoms with Crippen molar-refractivity contribution in [2.45, 2.75) is 26.7 Å². The van der Waals surface area contributed by atoms with Crippen LogP contribution in [0, 0.1) is 0 Å². The van der Waals surface area contributed by atoms with E-state index in [0.29, 0.717) is 6.61 Å². The van der Waals surface area contributed by atoms with Crippen molar-refractivity contribution in [2.75, 3.05) is 6.61 Å². The third kappa shape index (κ3) is 4.53. The van der Waals surface area contributed by atoms with E-state index < -0.39 is 5.97 Å². The van der Waals surface area contributed by atoms with Gasteiger partial charge in [-0.15, -0.1) is 0 Å². The average Bonchev–Trinajstić information content (AvgIpc) is 2.37. The fourth-order valence-corrected chi connectivity index (χ4v) is 1.41. The zero-order valence-corrected chi connectivity index (χ0v) is 10.8. The van der Waals surface area contributed by atoms with Crippen LogP contribution in [0.25, 0.3) is 6.08 Å². The van der Waals surface area contributed by atoms with Crippen LogP contribution in [0.5, 0.6) is 0 Å². The highest BCUT2D eigenvalue weighted by molar-refractivity contribution is 6.19. The van der Waals surface area contributed by atoms with Gasteiger partial charge in [0.1, 0.15) is 5.57 Å². The van der Waals surface area contributed by atoms with Crippen LogP contribution >= 0.6 is 0 Å². The standard InChI is InChI=1S/C15H18O3/c1-3-4-10-18-15(17)14(12(2)16)11-13-8-6-5-7-9-13/h5-9,11H,3-4,10H2,1-2H3. The van der Waals surface area contributed by atoms with Gasteiger partial charge in [-0.1, -0.05) is 43.7 Å². The lowest BCUT2D eigenvalue weighted by atomic mass is 10.1. The number of hydrogen-bond acceptors (Lipinski definition) is 3. The summed E-state index contributed by atoms with van der Waals surface area (Å²) in [6.45, 7) is 3.74. The second kappa shape index (κ2) is 7.43. The molecule has 0 fully saturated rings. The van der Waals surface area contributed by atoms with Gasteiger partial charge in [0.05, 0.1) is 6.61 Å². The Bertz CT molecular complexity index is 432. The van der Waals surface area contributed by atoms with E-state index >= 15 is 0 Å². The number of benzene rings is 1. The highest BCUT2D eigenvalue weighted by Gasteiger charge is 2.15. The fraction of sp³-hybridized carbons (Fsp3) is 0.333. The van der Waals surface area contributed by atoms with Crippen molar-refractivity contribution in [1.29, 1.82) is 0 Å². The highest BCUT2D eigenvalue weighted by atomic mass is 16.5. The molecule has 0 radical (unpaired) electrons. The van der Waals surface area contributed by atoms with Gasteiger partial charge in [0.15, 0.2) is 5.78 Å². The van der Waals surface area contributed by atoms with Crippen molar-refractivity contribution in [3.63, 3.8) is 0 Å². The Morgan fingerprint density at radius 1 is 1.22 bits per heavy atom. The third-order valence-corrected chi connectivity index (χ3v) is 2.44. The van der Waals surface area contributed by atoms with E-state index in [0.717, 1.165) is 18.4 Å². The van der Waals surface area contributed by atoms with Gasteiger partial charge in [0.25, 0.3) is 0 Å². The summed E-state index contributed by atoms with van der Waals surface area (Å²) < 4.78 is 5.05. The number of esters is 1. The van der Waals surface area contributed by atoms with Gasteiger partial charge in [-0.25, -0.2) is 4.79 Å². The third-order valence-electron chi connectivity index (χ3n) is 2.44. The number of rotatable bonds is 6. The molecule has 3 nitrogen and oxygen atoms in total. The van der Waals surface area contributed by atoms with Crippen molar-refractivity contribution >= 4 is 17.8 Å². The number of ketones is 1. The van der Waals surface area contributed by atoms with E-state index in [4.69, 9.17) is 4.74 Å². The van der Waals surface area contributed by atoms with Crippen LogP contribution in [-0.2, 0) is 14.3 Å². The zero-order chi connectivity index (χ0) is 13.4. The first kappa shape index (κ1) is 14.2. The summed E-state index contributed by atoms with van der Waals surface area (Å²) in [6, 6.07) is 9.26. The molecule has 1 aromatic carbocycles. The summed E-state index contributed by atoms with van der Waals surface area (Å²) >= 11 is 0. The summed E-state index contributed by atoms with van der Waals surface area (Å²) in [5, 5.41) is 0. The Hall–Kier alpha value is -1.90. The molecule has 0 heterocycles. The number of unbranched alkanes of at least 4 members (excludes halogenated alkanes) is 1. The normalized spacial score (nSPS) is 11.1. The first-order valence-corrected chi connectivity index (χ1v) is 6.10. The van der Waals surface area contributed by atoms with E-state index in [-0.39, 0.29) is 11.4 Å². The molecule has 0 aliphatic carbocycles. The topological polar surface area (TPSA) is 43.4 Å². The highest BCUT2D eigenvalue weighted by Crippen LogP contribution is 2.09. The average molecular weight is 246 g/mol. The Morgan fingerprint density at radius 3 is 2.44 bits per heavy atom. The quantitative estimate of drug-likeness (QED) is 0.255. The first-order valence-electron chi connectivity index (χ1n) is 6.10. The molecule has 0 aromatic heterocycles. The zero-order valence-electron chi connectivity index (χ0n) is 10.8. The van der Waals surface area contributed by atoms with Gasteiger partial charge in [-0.2, -0.15) is 0 Å². The molecule has 1 aromatic rings. The Kier molecular flexibility index (Phi) is 5.85. The van der Waals surface area contributed by atoms with E-state index in [9.17, 15) is 9.59 Å². The Labute approximate surface area is 107 Å². The van der Waals surface area contributed by atoms with Crippen molar-refractivity contribution in [3.8, 4) is 0 Å². The molecule has 0 aliphatic heterocycles. The predicted molar refractivity (Wildman–Crippen MR) is 71.0 cm³/mol. The minimum absolute atomic E-state index is 0.0947. The maximum absolute atomic E-state index is 11.8. The number of hydrogen-bond donors (Lipinski definition) is 0. The lowest BCUT2D eigenvalue weighted by Gasteiger charge is -2.05. The molecular weight excluding hydrogens is 228 g/mol. The number of ether oxygens (including phenoxy) is 1. The molecule has 0 unspecified atom stereocenters. The first-order chi connectivity index (χ1) is 8.65. The molecule has 0 saturated carbocycles. The Morgan fingerprint density at radius 2 is 1.89 bits per heavy atom. The molecule has 0 aliphatic rings. The van der Waals surface area contributed by atoms with Gasteiger partial charge >= 0.3 is 5.97 Å². The number of carbonyl (C=O) groups excluding carboxylic acids is 2. The minimum atomic E-state index is -0.542. The van der Waals surface area contributed by atoms with Crippen LogP contribution in [0.1, 0.15) is 32.3 Å². The van der Waals surface area contributed by atoms with Crippen LogP contribution in [0.15, 0.2) is 35.9 Å². The van der Waals surface area contributed by atoms with E-state index in [2.05, 4.69) is 0 Å². The van der Waals surface area contributed by atoms with E-state index in [1.165, 1.54) is 6.92 Å². The van der Waals surface area contributed by atoms with Gasteiger partial charge < -0.3 is 4.74 Å². The summed E-state index contributed by atoms with van der Waals surface area (Å²) in [5.74, 6) is -0.819. The summed E-state index contributed by atoms with van der Waals surface area (Å²) in [6.07, 6.45) is 3.32. The fourth-order valence-electron chi connectivity index (χ4n) is 1.41. The minimum Gasteiger partial charge on any atom is -0.462 e. The van der Waals surface area contributed by atoms with Crippen LogP contribution in [0.3, 0.4) is 0 Å². The molecule has 1 rings (SSSR count). The summed E-state index contributed by atoms with van der Waals surface area (Å²) in [5.41, 5.74) is 0.910. The molecule has 0 atom stereocenters. The largest absolute Gasteiger partial charge is 0.462 e. The molecule has 96 valence electrons. The van der Waals surface area contributed by atoms with Gasteiger partial charge in [0.2, 0.25) is 0 Å². The van der Waals surface area contributed by atoms with Crippen molar-refractivity contribution in [2.24, 2.45) is 0 Å². The molecule has 18 heavy (non-hydrogen) atoms. The molecule has 3 heteroatoms. The number of Topliss-reactive ketones (excluding diaryl/α,β-unsaturated/α-hetero) is 1. The van der Waals surface area contributed by atoms with Crippen molar-refractivity contribution < 1.29 is 14.3 Å². The monoisotopic (exact) mass is 246 g/mol. The van der Waals surface area contributed by atoms with Gasteiger partial charge in [0, 0.05) is 0 Å². The predicted octanol–water partition coefficient (Wildman–Crippen LogP) is 3.00. The lowest BCUT2D eigenvalue weighted by Crippen LogP contribution is -2.14. The molecule has 0 N–H and O–H groups in total. The SMILES string of the molecule is CCCCOC(=O)C(=Cc1ccccc1)C(C)=O. The molecular formula is C15H18O3. The van der Waals surface area contributed by atoms with Crippen LogP contribution in [-0.4, -0.2) is 18.4 Å². The lowest BCUT2D eigenvalue weighted by molar-refractivity contribution is -0.140. The van der Waals surface area contributed by atoms with Crippen LogP contribution in [0.2, 0.25) is 0 Å². The van der Waals surface area contributed by atoms with Crippen molar-refractivity contribution in [3.05, 3.63) is 41.5 Å². The second-order valence-corrected chi connectivity index (χ2v) is 4.01. The summed E-state index contributed by atoms with van der Waals surface area (Å²) in [4.78, 5) is 23.2. The molecule has 0 bridgehead atoms. The van der Waals surface area contributed by atoms with Crippen LogP contribution < -0.4 is 0 Å². The Balaban J connectivity index is 2.80. The molecule has 0 saturated heterocycles. The van der Waals surface area contributed by atoms with E-state index in [1.54, 1.807) is 6.08 Å². The van der Waals surface area contributed by atoms with Gasteiger partial charge in [-0.3, -0.25) is 4.79 Å². The maximum Gasteiger partial charge on any atom is 0.341 e. The van der Waals surface area contributed by atoms with E-state index in [1.807, 2.05) is 37.3 Å². The van der Waals surface area contributed by atoms with Crippen molar-refractivity contribution in [1.82, 2.24) is 0 Å². The molecule has 0 amide bonds. The van der Waals surface area contributed by atoms with Gasteiger partial charge in [-0.05, 0) is 25.0 Å². The molecule has 0 spiro atoms. The maximum atomic E-state index is 11.8. The van der Waals surface area contributed by atoms with Crippen LogP contribution in [0.4, 0.5) is 0 Å². The number of carbonyl (C=O) groups is 2. The smallest absolute Gasteiger partial charge is 0.341 e. The summed E-state index contributed by atoms with van der Waals surface area (Å²) in [7, 11) is 0.